The Balaban J connectivity index is 2.19. The monoisotopic (exact) mass is 242 g/mol. The maximum atomic E-state index is 5.92. The lowest BCUT2D eigenvalue weighted by Crippen LogP contribution is -2.28. The molecule has 18 heavy (non-hydrogen) atoms. The number of hydrogen-bond acceptors (Lipinski definition) is 3. The van der Waals surface area contributed by atoms with E-state index < -0.39 is 0 Å². The van der Waals surface area contributed by atoms with Crippen LogP contribution in [0.25, 0.3) is 0 Å². The Morgan fingerprint density at radius 2 is 2.28 bits per heavy atom. The first-order valence-electron chi connectivity index (χ1n) is 5.84. The molecule has 2 aromatic rings. The summed E-state index contributed by atoms with van der Waals surface area (Å²) in [4.78, 5) is 4.21. The van der Waals surface area contributed by atoms with Crippen molar-refractivity contribution in [2.75, 3.05) is 5.01 Å². The molecule has 0 aliphatic heterocycles. The van der Waals surface area contributed by atoms with Crippen LogP contribution < -0.4 is 10.9 Å². The molecule has 0 unspecified atom stereocenters. The second kappa shape index (κ2) is 5.06. The van der Waals surface area contributed by atoms with Crippen molar-refractivity contribution in [1.29, 1.82) is 0 Å². The minimum absolute atomic E-state index is 0.790. The molecule has 0 fully saturated rings. The first kappa shape index (κ1) is 12.4. The highest BCUT2D eigenvalue weighted by Crippen LogP contribution is 2.17. The lowest BCUT2D eigenvalue weighted by Gasteiger charge is -2.19. The molecule has 0 saturated heterocycles. The zero-order valence-corrected chi connectivity index (χ0v) is 10.8. The quantitative estimate of drug-likeness (QED) is 0.661. The van der Waals surface area contributed by atoms with E-state index in [4.69, 9.17) is 5.84 Å². The van der Waals surface area contributed by atoms with Crippen molar-refractivity contribution in [3.05, 3.63) is 60.3 Å². The van der Waals surface area contributed by atoms with Crippen LogP contribution in [0, 0.1) is 6.92 Å². The molecule has 0 atom stereocenters. The van der Waals surface area contributed by atoms with Crippen molar-refractivity contribution in [2.24, 2.45) is 5.84 Å². The minimum atomic E-state index is 0.790. The van der Waals surface area contributed by atoms with E-state index in [1.54, 1.807) is 5.01 Å². The van der Waals surface area contributed by atoms with Gasteiger partial charge < -0.3 is 4.57 Å². The zero-order valence-electron chi connectivity index (χ0n) is 10.8. The molecular weight excluding hydrogens is 224 g/mol. The normalized spacial score (nSPS) is 10.4. The number of imidazole rings is 1. The minimum Gasteiger partial charge on any atom is -0.333 e. The van der Waals surface area contributed by atoms with Crippen LogP contribution >= 0.6 is 0 Å². The van der Waals surface area contributed by atoms with Crippen molar-refractivity contribution < 1.29 is 0 Å². The first-order chi connectivity index (χ1) is 8.56. The number of rotatable bonds is 4. The molecule has 0 aliphatic rings. The van der Waals surface area contributed by atoms with Crippen LogP contribution in [0.2, 0.25) is 0 Å². The van der Waals surface area contributed by atoms with Gasteiger partial charge in [-0.15, -0.1) is 0 Å². The fourth-order valence-corrected chi connectivity index (χ4v) is 1.79. The molecule has 0 radical (unpaired) electrons. The lowest BCUT2D eigenvalue weighted by molar-refractivity contribution is 0.796. The predicted octanol–water partition coefficient (Wildman–Crippen LogP) is 2.45. The van der Waals surface area contributed by atoms with Crippen molar-refractivity contribution >= 4 is 5.69 Å². The predicted molar refractivity (Wildman–Crippen MR) is 74.0 cm³/mol. The standard InChI is InChI=1S/C14H18N4/c1-11(2)18(15)14-6-4-5-13(7-14)9-17-8-12(3)16-10-17/h4-8,10H,1,9,15H2,2-3H3. The van der Waals surface area contributed by atoms with Gasteiger partial charge in [0.25, 0.3) is 0 Å². The van der Waals surface area contributed by atoms with E-state index in [-0.39, 0.29) is 0 Å². The van der Waals surface area contributed by atoms with E-state index in [9.17, 15) is 0 Å². The Morgan fingerprint density at radius 1 is 1.50 bits per heavy atom. The number of hydrazine groups is 1. The van der Waals surface area contributed by atoms with Crippen molar-refractivity contribution in [2.45, 2.75) is 20.4 Å². The van der Waals surface area contributed by atoms with Gasteiger partial charge in [-0.05, 0) is 31.5 Å². The molecule has 4 nitrogen and oxygen atoms in total. The van der Waals surface area contributed by atoms with Crippen molar-refractivity contribution in [3.63, 3.8) is 0 Å². The van der Waals surface area contributed by atoms with Crippen LogP contribution in [0.3, 0.4) is 0 Å². The molecule has 2 N–H and O–H groups in total. The SMILES string of the molecule is C=C(C)N(N)c1cccc(Cn2cnc(C)c2)c1. The molecule has 0 spiro atoms. The Hall–Kier alpha value is -2.07. The average molecular weight is 242 g/mol. The number of anilines is 1. The summed E-state index contributed by atoms with van der Waals surface area (Å²) in [5.74, 6) is 5.92. The molecule has 1 aromatic carbocycles. The molecule has 4 heteroatoms. The van der Waals surface area contributed by atoms with E-state index in [0.29, 0.717) is 0 Å². The molecule has 2 rings (SSSR count). The van der Waals surface area contributed by atoms with Gasteiger partial charge in [-0.3, -0.25) is 5.01 Å². The average Bonchev–Trinajstić information content (AvgIpc) is 2.74. The van der Waals surface area contributed by atoms with Gasteiger partial charge in [-0.25, -0.2) is 10.8 Å². The number of benzene rings is 1. The van der Waals surface area contributed by atoms with Crippen molar-refractivity contribution in [1.82, 2.24) is 9.55 Å². The van der Waals surface area contributed by atoms with Crippen LogP contribution in [-0.2, 0) is 6.54 Å². The number of nitrogens with two attached hydrogens (primary N) is 1. The Bertz CT molecular complexity index is 556. The number of allylic oxidation sites excluding steroid dienone is 1. The highest BCUT2D eigenvalue weighted by molar-refractivity contribution is 5.51. The maximum absolute atomic E-state index is 5.92. The van der Waals surface area contributed by atoms with Gasteiger partial charge in [-0.2, -0.15) is 0 Å². The van der Waals surface area contributed by atoms with Gasteiger partial charge in [0.2, 0.25) is 0 Å². The summed E-state index contributed by atoms with van der Waals surface area (Å²) in [6, 6.07) is 8.10. The Morgan fingerprint density at radius 3 is 2.89 bits per heavy atom. The zero-order chi connectivity index (χ0) is 13.1. The van der Waals surface area contributed by atoms with Gasteiger partial charge in [-0.1, -0.05) is 18.7 Å². The molecule has 0 saturated carbocycles. The summed E-state index contributed by atoms with van der Waals surface area (Å²) in [7, 11) is 0. The number of hydrogen-bond donors (Lipinski definition) is 1. The third-order valence-corrected chi connectivity index (χ3v) is 2.73. The van der Waals surface area contributed by atoms with E-state index in [0.717, 1.165) is 23.6 Å². The highest BCUT2D eigenvalue weighted by atomic mass is 15.4. The number of nitrogens with zero attached hydrogens (tertiary/aromatic N) is 3. The Labute approximate surface area is 107 Å². The van der Waals surface area contributed by atoms with E-state index in [1.807, 2.05) is 38.5 Å². The second-order valence-electron chi connectivity index (χ2n) is 4.46. The summed E-state index contributed by atoms with van der Waals surface area (Å²) >= 11 is 0. The molecule has 1 heterocycles. The molecule has 0 aliphatic carbocycles. The fourth-order valence-electron chi connectivity index (χ4n) is 1.79. The summed E-state index contributed by atoms with van der Waals surface area (Å²) in [6.45, 7) is 8.49. The topological polar surface area (TPSA) is 47.1 Å². The van der Waals surface area contributed by atoms with Crippen LogP contribution in [0.5, 0.6) is 0 Å². The van der Waals surface area contributed by atoms with E-state index in [2.05, 4.69) is 28.3 Å². The van der Waals surface area contributed by atoms with Crippen LogP contribution in [0.4, 0.5) is 5.69 Å². The third-order valence-electron chi connectivity index (χ3n) is 2.73. The van der Waals surface area contributed by atoms with Crippen LogP contribution in [-0.4, -0.2) is 9.55 Å². The van der Waals surface area contributed by atoms with Gasteiger partial charge in [0.05, 0.1) is 17.7 Å². The van der Waals surface area contributed by atoms with Crippen LogP contribution in [0.1, 0.15) is 18.2 Å². The summed E-state index contributed by atoms with van der Waals surface area (Å²) in [6.07, 6.45) is 3.85. The molecule has 0 bridgehead atoms. The Kier molecular flexibility index (Phi) is 3.48. The van der Waals surface area contributed by atoms with Gasteiger partial charge in [0.1, 0.15) is 0 Å². The molecule has 0 amide bonds. The molecule has 94 valence electrons. The smallest absolute Gasteiger partial charge is 0.0952 e. The lowest BCUT2D eigenvalue weighted by atomic mass is 10.2. The molecule has 1 aromatic heterocycles. The van der Waals surface area contributed by atoms with E-state index in [1.165, 1.54) is 5.56 Å². The number of aryl methyl sites for hydroxylation is 1. The first-order valence-corrected chi connectivity index (χ1v) is 5.84. The number of aromatic nitrogens is 2. The van der Waals surface area contributed by atoms with Gasteiger partial charge >= 0.3 is 0 Å². The van der Waals surface area contributed by atoms with Gasteiger partial charge in [0.15, 0.2) is 0 Å². The van der Waals surface area contributed by atoms with E-state index >= 15 is 0 Å². The second-order valence-corrected chi connectivity index (χ2v) is 4.46. The summed E-state index contributed by atoms with van der Waals surface area (Å²) in [5, 5.41) is 1.59. The molecular formula is C14H18N4. The highest BCUT2D eigenvalue weighted by Gasteiger charge is 2.03. The van der Waals surface area contributed by atoms with Crippen LogP contribution in [0.15, 0.2) is 49.1 Å². The maximum Gasteiger partial charge on any atom is 0.0952 e. The summed E-state index contributed by atoms with van der Waals surface area (Å²) in [5.41, 5.74) is 3.96. The largest absolute Gasteiger partial charge is 0.333 e. The third kappa shape index (κ3) is 2.78. The summed E-state index contributed by atoms with van der Waals surface area (Å²) < 4.78 is 2.05. The fraction of sp³-hybridized carbons (Fsp3) is 0.214. The van der Waals surface area contributed by atoms with Gasteiger partial charge in [0, 0.05) is 18.4 Å². The van der Waals surface area contributed by atoms with Crippen molar-refractivity contribution in [3.8, 4) is 0 Å².